The topological polar surface area (TPSA) is 0 Å². The first-order valence-corrected chi connectivity index (χ1v) is 4.02. The molecule has 0 bridgehead atoms. The maximum absolute atomic E-state index is 3.35. The molecular formula is C6H8Br2. The van der Waals surface area contributed by atoms with Gasteiger partial charge in [-0.05, 0) is 40.3 Å². The molecule has 0 spiro atoms. The predicted octanol–water partition coefficient (Wildman–Crippen LogP) is 3.58. The zero-order chi connectivity index (χ0) is 6.57. The second-order valence-electron chi connectivity index (χ2n) is 1.43. The summed E-state index contributed by atoms with van der Waals surface area (Å²) in [5.74, 6) is 0. The molecule has 0 heterocycles. The zero-order valence-corrected chi connectivity index (χ0v) is 8.08. The third-order valence-corrected chi connectivity index (χ3v) is 2.83. The molecule has 0 fully saturated rings. The van der Waals surface area contributed by atoms with Crippen LogP contribution in [0.2, 0.25) is 0 Å². The number of hydrogen-bond donors (Lipinski definition) is 0. The van der Waals surface area contributed by atoms with E-state index >= 15 is 0 Å². The molecule has 0 saturated carbocycles. The lowest BCUT2D eigenvalue weighted by Crippen LogP contribution is -1.69. The standard InChI is InChI=1S/C6H8Br2/c1-3-5(2)6(8)4-7/h3-4H,1-2H3/b5-3+,6-4+. The van der Waals surface area contributed by atoms with Crippen LogP contribution < -0.4 is 0 Å². The summed E-state index contributed by atoms with van der Waals surface area (Å²) in [5, 5.41) is 0. The largest absolute Gasteiger partial charge is 0.0836 e. The maximum atomic E-state index is 3.35. The van der Waals surface area contributed by atoms with Gasteiger partial charge in [0.2, 0.25) is 0 Å². The van der Waals surface area contributed by atoms with Crippen LogP contribution in [-0.4, -0.2) is 0 Å². The van der Waals surface area contributed by atoms with Gasteiger partial charge in [0.05, 0.1) is 0 Å². The zero-order valence-electron chi connectivity index (χ0n) is 4.91. The van der Waals surface area contributed by atoms with Crippen LogP contribution in [0.4, 0.5) is 0 Å². The summed E-state index contributed by atoms with van der Waals surface area (Å²) in [6, 6.07) is 0. The monoisotopic (exact) mass is 238 g/mol. The number of allylic oxidation sites excluding steroid dienone is 3. The summed E-state index contributed by atoms with van der Waals surface area (Å²) in [6.45, 7) is 4.05. The van der Waals surface area contributed by atoms with Gasteiger partial charge < -0.3 is 0 Å². The van der Waals surface area contributed by atoms with Gasteiger partial charge in [-0.15, -0.1) is 0 Å². The molecule has 0 aromatic rings. The minimum Gasteiger partial charge on any atom is -0.0836 e. The molecule has 0 atom stereocenters. The van der Waals surface area contributed by atoms with Crippen LogP contribution in [0.1, 0.15) is 13.8 Å². The van der Waals surface area contributed by atoms with Crippen LogP contribution in [0.25, 0.3) is 0 Å². The van der Waals surface area contributed by atoms with E-state index in [1.807, 2.05) is 24.9 Å². The van der Waals surface area contributed by atoms with Crippen LogP contribution >= 0.6 is 31.9 Å². The molecule has 0 unspecified atom stereocenters. The van der Waals surface area contributed by atoms with E-state index < -0.39 is 0 Å². The van der Waals surface area contributed by atoms with Crippen molar-refractivity contribution < 1.29 is 0 Å². The maximum Gasteiger partial charge on any atom is 0.0270 e. The third kappa shape index (κ3) is 2.68. The van der Waals surface area contributed by atoms with E-state index in [0.29, 0.717) is 0 Å². The molecule has 0 amide bonds. The van der Waals surface area contributed by atoms with Crippen molar-refractivity contribution in [2.24, 2.45) is 0 Å². The summed E-state index contributed by atoms with van der Waals surface area (Å²) >= 11 is 6.55. The highest BCUT2D eigenvalue weighted by atomic mass is 79.9. The van der Waals surface area contributed by atoms with Gasteiger partial charge >= 0.3 is 0 Å². The quantitative estimate of drug-likeness (QED) is 0.614. The Morgan fingerprint density at radius 2 is 2.00 bits per heavy atom. The van der Waals surface area contributed by atoms with Gasteiger partial charge in [-0.2, -0.15) is 0 Å². The molecule has 0 saturated heterocycles. The van der Waals surface area contributed by atoms with E-state index in [9.17, 15) is 0 Å². The van der Waals surface area contributed by atoms with Crippen molar-refractivity contribution in [1.82, 2.24) is 0 Å². The van der Waals surface area contributed by atoms with Crippen molar-refractivity contribution in [2.75, 3.05) is 0 Å². The third-order valence-electron chi connectivity index (χ3n) is 0.906. The van der Waals surface area contributed by atoms with Crippen molar-refractivity contribution in [2.45, 2.75) is 13.8 Å². The smallest absolute Gasteiger partial charge is 0.0270 e. The molecule has 0 nitrogen and oxygen atoms in total. The normalized spacial score (nSPS) is 14.5. The highest BCUT2D eigenvalue weighted by Crippen LogP contribution is 2.17. The Morgan fingerprint density at radius 1 is 1.50 bits per heavy atom. The second kappa shape index (κ2) is 4.33. The van der Waals surface area contributed by atoms with E-state index in [0.717, 1.165) is 4.48 Å². The molecule has 0 aliphatic heterocycles. The highest BCUT2D eigenvalue weighted by molar-refractivity contribution is 9.14. The molecule has 0 radical (unpaired) electrons. The predicted molar refractivity (Wildman–Crippen MR) is 45.4 cm³/mol. The van der Waals surface area contributed by atoms with Crippen molar-refractivity contribution in [3.05, 3.63) is 21.1 Å². The van der Waals surface area contributed by atoms with Gasteiger partial charge in [-0.1, -0.05) is 22.0 Å². The van der Waals surface area contributed by atoms with Gasteiger partial charge in [0.1, 0.15) is 0 Å². The summed E-state index contributed by atoms with van der Waals surface area (Å²) < 4.78 is 1.10. The van der Waals surface area contributed by atoms with Gasteiger partial charge in [0.15, 0.2) is 0 Å². The lowest BCUT2D eigenvalue weighted by atomic mass is 10.3. The van der Waals surface area contributed by atoms with Crippen LogP contribution in [0, 0.1) is 0 Å². The number of hydrogen-bond acceptors (Lipinski definition) is 0. The molecule has 0 aromatic carbocycles. The molecule has 0 rings (SSSR count). The average Bonchev–Trinajstić information content (AvgIpc) is 1.84. The van der Waals surface area contributed by atoms with Crippen LogP contribution in [0.3, 0.4) is 0 Å². The van der Waals surface area contributed by atoms with Crippen molar-refractivity contribution in [3.63, 3.8) is 0 Å². The fourth-order valence-corrected chi connectivity index (χ4v) is 0.814. The molecule has 0 aliphatic rings. The summed E-state index contributed by atoms with van der Waals surface area (Å²) in [5.41, 5.74) is 1.24. The summed E-state index contributed by atoms with van der Waals surface area (Å²) in [7, 11) is 0. The Balaban J connectivity index is 4.04. The van der Waals surface area contributed by atoms with Gasteiger partial charge in [-0.3, -0.25) is 0 Å². The van der Waals surface area contributed by atoms with E-state index in [1.54, 1.807) is 0 Å². The molecule has 2 heteroatoms. The van der Waals surface area contributed by atoms with E-state index in [2.05, 4.69) is 31.9 Å². The molecule has 8 heavy (non-hydrogen) atoms. The van der Waals surface area contributed by atoms with Crippen molar-refractivity contribution in [1.29, 1.82) is 0 Å². The van der Waals surface area contributed by atoms with Crippen LogP contribution in [-0.2, 0) is 0 Å². The molecule has 0 aromatic heterocycles. The first-order chi connectivity index (χ1) is 3.72. The van der Waals surface area contributed by atoms with Gasteiger partial charge in [-0.25, -0.2) is 0 Å². The van der Waals surface area contributed by atoms with E-state index in [4.69, 9.17) is 0 Å². The van der Waals surface area contributed by atoms with Crippen LogP contribution in [0.5, 0.6) is 0 Å². The Hall–Kier alpha value is 0.440. The number of rotatable bonds is 1. The lowest BCUT2D eigenvalue weighted by Gasteiger charge is -1.92. The fraction of sp³-hybridized carbons (Fsp3) is 0.333. The van der Waals surface area contributed by atoms with E-state index in [1.165, 1.54) is 5.57 Å². The summed E-state index contributed by atoms with van der Waals surface area (Å²) in [6.07, 6.45) is 2.04. The first-order valence-electron chi connectivity index (χ1n) is 2.31. The summed E-state index contributed by atoms with van der Waals surface area (Å²) in [4.78, 5) is 1.85. The second-order valence-corrected chi connectivity index (χ2v) is 2.74. The molecular weight excluding hydrogens is 232 g/mol. The SMILES string of the molecule is C/C=C(C)/C(Br)=C\Br. The van der Waals surface area contributed by atoms with E-state index in [-0.39, 0.29) is 0 Å². The first kappa shape index (κ1) is 8.44. The average molecular weight is 240 g/mol. The van der Waals surface area contributed by atoms with Gasteiger partial charge in [0.25, 0.3) is 0 Å². The minimum absolute atomic E-state index is 1.10. The molecule has 0 N–H and O–H groups in total. The molecule has 0 aliphatic carbocycles. The highest BCUT2D eigenvalue weighted by Gasteiger charge is 1.88. The Morgan fingerprint density at radius 3 is 2.12 bits per heavy atom. The van der Waals surface area contributed by atoms with Crippen molar-refractivity contribution in [3.8, 4) is 0 Å². The minimum atomic E-state index is 1.10. The molecule has 46 valence electrons. The lowest BCUT2D eigenvalue weighted by molar-refractivity contribution is 1.47. The number of halogens is 2. The van der Waals surface area contributed by atoms with Crippen LogP contribution in [0.15, 0.2) is 21.1 Å². The fourth-order valence-electron chi connectivity index (χ4n) is 0.224. The Bertz CT molecular complexity index is 106. The Kier molecular flexibility index (Phi) is 4.57. The Labute approximate surface area is 66.9 Å². The van der Waals surface area contributed by atoms with Crippen molar-refractivity contribution >= 4 is 31.9 Å². The van der Waals surface area contributed by atoms with Gasteiger partial charge in [0, 0.05) is 4.48 Å².